The van der Waals surface area contributed by atoms with Crippen LogP contribution >= 0.6 is 0 Å². The third-order valence-corrected chi connectivity index (χ3v) is 3.41. The van der Waals surface area contributed by atoms with Crippen molar-refractivity contribution in [2.45, 2.75) is 45.6 Å². The predicted molar refractivity (Wildman–Crippen MR) is 86.7 cm³/mol. The van der Waals surface area contributed by atoms with Crippen LogP contribution < -0.4 is 15.4 Å². The molecule has 21 heavy (non-hydrogen) atoms. The zero-order chi connectivity index (χ0) is 15.5. The summed E-state index contributed by atoms with van der Waals surface area (Å²) in [5.41, 5.74) is 1.32. The van der Waals surface area contributed by atoms with E-state index < -0.39 is 0 Å². The highest BCUT2D eigenvalue weighted by Gasteiger charge is 2.02. The molecule has 0 saturated heterocycles. The Morgan fingerprint density at radius 3 is 2.62 bits per heavy atom. The SMILES string of the molecule is CCCNC(C)CCc1ccc(OCCC(=O)NC)cc1. The summed E-state index contributed by atoms with van der Waals surface area (Å²) in [5.74, 6) is 0.819. The molecule has 4 heteroatoms. The molecule has 0 fully saturated rings. The summed E-state index contributed by atoms with van der Waals surface area (Å²) >= 11 is 0. The van der Waals surface area contributed by atoms with E-state index in [4.69, 9.17) is 4.74 Å². The van der Waals surface area contributed by atoms with Crippen LogP contribution in [0.4, 0.5) is 0 Å². The van der Waals surface area contributed by atoms with Gasteiger partial charge in [0, 0.05) is 13.1 Å². The minimum absolute atomic E-state index is 0.000173. The van der Waals surface area contributed by atoms with Crippen molar-refractivity contribution < 1.29 is 9.53 Å². The zero-order valence-corrected chi connectivity index (χ0v) is 13.4. The third-order valence-electron chi connectivity index (χ3n) is 3.41. The van der Waals surface area contributed by atoms with E-state index in [2.05, 4.69) is 36.6 Å². The van der Waals surface area contributed by atoms with Crippen LogP contribution in [0.2, 0.25) is 0 Å². The van der Waals surface area contributed by atoms with Gasteiger partial charge in [0.15, 0.2) is 0 Å². The second kappa shape index (κ2) is 10.2. The van der Waals surface area contributed by atoms with Crippen molar-refractivity contribution in [2.24, 2.45) is 0 Å². The first-order valence-electron chi connectivity index (χ1n) is 7.81. The van der Waals surface area contributed by atoms with Crippen LogP contribution in [0.25, 0.3) is 0 Å². The molecule has 1 aromatic rings. The predicted octanol–water partition coefficient (Wildman–Crippen LogP) is 2.52. The molecular weight excluding hydrogens is 264 g/mol. The molecule has 1 unspecified atom stereocenters. The van der Waals surface area contributed by atoms with Crippen LogP contribution in [0.1, 0.15) is 38.7 Å². The van der Waals surface area contributed by atoms with E-state index in [-0.39, 0.29) is 5.91 Å². The number of hydrogen-bond donors (Lipinski definition) is 2. The van der Waals surface area contributed by atoms with Crippen molar-refractivity contribution in [3.63, 3.8) is 0 Å². The smallest absolute Gasteiger partial charge is 0.223 e. The first-order valence-corrected chi connectivity index (χ1v) is 7.81. The van der Waals surface area contributed by atoms with E-state index >= 15 is 0 Å². The highest BCUT2D eigenvalue weighted by Crippen LogP contribution is 2.14. The lowest BCUT2D eigenvalue weighted by molar-refractivity contribution is -0.121. The fourth-order valence-electron chi connectivity index (χ4n) is 2.01. The first-order chi connectivity index (χ1) is 10.2. The van der Waals surface area contributed by atoms with Gasteiger partial charge in [0.25, 0.3) is 0 Å². The van der Waals surface area contributed by atoms with E-state index in [1.54, 1.807) is 7.05 Å². The molecule has 4 nitrogen and oxygen atoms in total. The summed E-state index contributed by atoms with van der Waals surface area (Å²) in [6.45, 7) is 5.91. The van der Waals surface area contributed by atoms with Crippen LogP contribution in [0.5, 0.6) is 5.75 Å². The van der Waals surface area contributed by atoms with Crippen LogP contribution in [0, 0.1) is 0 Å². The molecule has 0 aliphatic heterocycles. The summed E-state index contributed by atoms with van der Waals surface area (Å²) in [6, 6.07) is 8.70. The molecule has 0 spiro atoms. The van der Waals surface area contributed by atoms with Crippen LogP contribution in [-0.2, 0) is 11.2 Å². The van der Waals surface area contributed by atoms with Gasteiger partial charge in [0.1, 0.15) is 5.75 Å². The fourth-order valence-corrected chi connectivity index (χ4v) is 2.01. The topological polar surface area (TPSA) is 50.4 Å². The quantitative estimate of drug-likeness (QED) is 0.697. The molecule has 1 rings (SSSR count). The molecule has 0 radical (unpaired) electrons. The molecule has 1 atom stereocenters. The molecule has 118 valence electrons. The van der Waals surface area contributed by atoms with Crippen LogP contribution in [0.15, 0.2) is 24.3 Å². The minimum atomic E-state index is 0.000173. The van der Waals surface area contributed by atoms with Crippen molar-refractivity contribution in [1.82, 2.24) is 10.6 Å². The number of carbonyl (C=O) groups excluding carboxylic acids is 1. The Balaban J connectivity index is 2.28. The van der Waals surface area contributed by atoms with E-state index in [0.717, 1.165) is 25.1 Å². The Morgan fingerprint density at radius 2 is 2.00 bits per heavy atom. The number of hydrogen-bond acceptors (Lipinski definition) is 3. The van der Waals surface area contributed by atoms with Crippen molar-refractivity contribution >= 4 is 5.91 Å². The monoisotopic (exact) mass is 292 g/mol. The van der Waals surface area contributed by atoms with Gasteiger partial charge in [0.05, 0.1) is 13.0 Å². The van der Waals surface area contributed by atoms with Gasteiger partial charge in [-0.25, -0.2) is 0 Å². The van der Waals surface area contributed by atoms with Gasteiger partial charge >= 0.3 is 0 Å². The number of rotatable bonds is 10. The lowest BCUT2D eigenvalue weighted by Crippen LogP contribution is -2.27. The molecule has 0 aliphatic carbocycles. The molecule has 0 aromatic heterocycles. The lowest BCUT2D eigenvalue weighted by atomic mass is 10.1. The molecule has 1 aromatic carbocycles. The summed E-state index contributed by atoms with van der Waals surface area (Å²) in [7, 11) is 1.63. The standard InChI is InChI=1S/C17H28N2O2/c1-4-12-19-14(2)5-6-15-7-9-16(10-8-15)21-13-11-17(20)18-3/h7-10,14,19H,4-6,11-13H2,1-3H3,(H,18,20). The van der Waals surface area contributed by atoms with Gasteiger partial charge in [0.2, 0.25) is 5.91 Å². The average Bonchev–Trinajstić information content (AvgIpc) is 2.51. The minimum Gasteiger partial charge on any atom is -0.493 e. The first kappa shape index (κ1) is 17.5. The Morgan fingerprint density at radius 1 is 1.29 bits per heavy atom. The molecule has 0 aliphatic rings. The average molecular weight is 292 g/mol. The normalized spacial score (nSPS) is 12.0. The fraction of sp³-hybridized carbons (Fsp3) is 0.588. The van der Waals surface area contributed by atoms with Crippen molar-refractivity contribution in [2.75, 3.05) is 20.2 Å². The summed E-state index contributed by atoms with van der Waals surface area (Å²) in [6.07, 6.45) is 3.76. The Bertz CT molecular complexity index is 404. The number of carbonyl (C=O) groups is 1. The number of amides is 1. The molecular formula is C17H28N2O2. The van der Waals surface area contributed by atoms with E-state index in [1.165, 1.54) is 12.0 Å². The highest BCUT2D eigenvalue weighted by molar-refractivity contribution is 5.75. The van der Waals surface area contributed by atoms with E-state index in [9.17, 15) is 4.79 Å². The van der Waals surface area contributed by atoms with Gasteiger partial charge in [-0.1, -0.05) is 19.1 Å². The van der Waals surface area contributed by atoms with Crippen LogP contribution in [-0.4, -0.2) is 32.1 Å². The second-order valence-electron chi connectivity index (χ2n) is 5.31. The summed E-state index contributed by atoms with van der Waals surface area (Å²) in [5, 5.41) is 6.07. The molecule has 0 saturated carbocycles. The maximum absolute atomic E-state index is 11.1. The Labute approximate surface area is 128 Å². The van der Waals surface area contributed by atoms with E-state index in [0.29, 0.717) is 19.1 Å². The molecule has 1 amide bonds. The Kier molecular flexibility index (Phi) is 8.51. The number of benzene rings is 1. The summed E-state index contributed by atoms with van der Waals surface area (Å²) < 4.78 is 5.54. The van der Waals surface area contributed by atoms with Gasteiger partial charge < -0.3 is 15.4 Å². The lowest BCUT2D eigenvalue weighted by Gasteiger charge is -2.13. The van der Waals surface area contributed by atoms with Gasteiger partial charge in [-0.3, -0.25) is 4.79 Å². The Hall–Kier alpha value is -1.55. The third kappa shape index (κ3) is 7.71. The molecule has 2 N–H and O–H groups in total. The van der Waals surface area contributed by atoms with Gasteiger partial charge in [-0.05, 0) is 50.4 Å². The second-order valence-corrected chi connectivity index (χ2v) is 5.31. The highest BCUT2D eigenvalue weighted by atomic mass is 16.5. The van der Waals surface area contributed by atoms with Crippen molar-refractivity contribution in [1.29, 1.82) is 0 Å². The largest absolute Gasteiger partial charge is 0.493 e. The van der Waals surface area contributed by atoms with Crippen molar-refractivity contribution in [3.05, 3.63) is 29.8 Å². The molecule has 0 bridgehead atoms. The van der Waals surface area contributed by atoms with Gasteiger partial charge in [-0.15, -0.1) is 0 Å². The number of ether oxygens (including phenoxy) is 1. The van der Waals surface area contributed by atoms with Gasteiger partial charge in [-0.2, -0.15) is 0 Å². The number of nitrogens with one attached hydrogen (secondary N) is 2. The van der Waals surface area contributed by atoms with Crippen LogP contribution in [0.3, 0.4) is 0 Å². The number of aryl methyl sites for hydroxylation is 1. The summed E-state index contributed by atoms with van der Waals surface area (Å²) in [4.78, 5) is 11.1. The maximum Gasteiger partial charge on any atom is 0.223 e. The zero-order valence-electron chi connectivity index (χ0n) is 13.4. The van der Waals surface area contributed by atoms with Crippen molar-refractivity contribution in [3.8, 4) is 5.75 Å². The van der Waals surface area contributed by atoms with E-state index in [1.807, 2.05) is 12.1 Å². The maximum atomic E-state index is 11.1. The molecule has 0 heterocycles.